The first-order chi connectivity index (χ1) is 11.9. The summed E-state index contributed by atoms with van der Waals surface area (Å²) in [6, 6.07) is -0.215. The molecule has 3 rings (SSSR count). The molecule has 2 aromatic rings. The van der Waals surface area contributed by atoms with Gasteiger partial charge in [0.15, 0.2) is 0 Å². The number of hydrogen-bond acceptors (Lipinski definition) is 7. The summed E-state index contributed by atoms with van der Waals surface area (Å²) in [7, 11) is 0. The minimum atomic E-state index is -0.588. The van der Waals surface area contributed by atoms with E-state index in [0.29, 0.717) is 19.5 Å². The SMILES string of the molecule is Cc1nc(CC(=O)N[C@@H]2CCN(Cc3c(C)noc3C)C[C@H]2O)cs1. The first-order valence-electron chi connectivity index (χ1n) is 8.45. The Morgan fingerprint density at radius 3 is 2.88 bits per heavy atom. The molecule has 25 heavy (non-hydrogen) atoms. The van der Waals surface area contributed by atoms with Gasteiger partial charge in [0.1, 0.15) is 5.76 Å². The average molecular weight is 364 g/mol. The number of piperidine rings is 1. The van der Waals surface area contributed by atoms with E-state index in [-0.39, 0.29) is 18.4 Å². The van der Waals surface area contributed by atoms with Crippen LogP contribution in [0.25, 0.3) is 0 Å². The fourth-order valence-corrected chi connectivity index (χ4v) is 3.78. The molecule has 3 heterocycles. The monoisotopic (exact) mass is 364 g/mol. The average Bonchev–Trinajstić information content (AvgIpc) is 3.10. The molecule has 0 spiro atoms. The molecule has 1 saturated heterocycles. The van der Waals surface area contributed by atoms with Crippen LogP contribution in [0.5, 0.6) is 0 Å². The Balaban J connectivity index is 1.50. The number of carbonyl (C=O) groups is 1. The minimum absolute atomic E-state index is 0.0893. The van der Waals surface area contributed by atoms with Crippen molar-refractivity contribution in [3.05, 3.63) is 33.1 Å². The van der Waals surface area contributed by atoms with E-state index in [1.807, 2.05) is 26.2 Å². The molecule has 0 saturated carbocycles. The lowest BCUT2D eigenvalue weighted by Crippen LogP contribution is -2.54. The predicted molar refractivity (Wildman–Crippen MR) is 94.4 cm³/mol. The van der Waals surface area contributed by atoms with Crippen molar-refractivity contribution in [2.75, 3.05) is 13.1 Å². The van der Waals surface area contributed by atoms with Gasteiger partial charge in [-0.3, -0.25) is 9.69 Å². The third-order valence-corrected chi connectivity index (χ3v) is 5.41. The summed E-state index contributed by atoms with van der Waals surface area (Å²) in [5.74, 6) is 0.731. The van der Waals surface area contributed by atoms with Gasteiger partial charge in [0.25, 0.3) is 0 Å². The third kappa shape index (κ3) is 4.45. The van der Waals surface area contributed by atoms with Crippen LogP contribution in [0, 0.1) is 20.8 Å². The Kier molecular flexibility index (Phi) is 5.51. The van der Waals surface area contributed by atoms with Gasteiger partial charge in [-0.1, -0.05) is 5.16 Å². The maximum atomic E-state index is 12.2. The fraction of sp³-hybridized carbons (Fsp3) is 0.588. The second-order valence-corrected chi connectivity index (χ2v) is 7.66. The molecule has 1 aliphatic rings. The summed E-state index contributed by atoms with van der Waals surface area (Å²) in [5.41, 5.74) is 2.75. The Hall–Kier alpha value is -1.77. The van der Waals surface area contributed by atoms with Crippen molar-refractivity contribution in [2.24, 2.45) is 0 Å². The smallest absolute Gasteiger partial charge is 0.226 e. The highest BCUT2D eigenvalue weighted by Gasteiger charge is 2.29. The Morgan fingerprint density at radius 1 is 1.48 bits per heavy atom. The minimum Gasteiger partial charge on any atom is -0.390 e. The van der Waals surface area contributed by atoms with E-state index in [4.69, 9.17) is 4.52 Å². The van der Waals surface area contributed by atoms with Crippen molar-refractivity contribution in [1.29, 1.82) is 0 Å². The largest absolute Gasteiger partial charge is 0.390 e. The molecular weight excluding hydrogens is 340 g/mol. The van der Waals surface area contributed by atoms with Crippen molar-refractivity contribution in [1.82, 2.24) is 20.4 Å². The van der Waals surface area contributed by atoms with Crippen LogP contribution in [0.3, 0.4) is 0 Å². The quantitative estimate of drug-likeness (QED) is 0.832. The number of aliphatic hydroxyl groups is 1. The molecule has 0 radical (unpaired) electrons. The zero-order chi connectivity index (χ0) is 18.0. The highest BCUT2D eigenvalue weighted by Crippen LogP contribution is 2.19. The Labute approximate surface area is 151 Å². The standard InChI is InChI=1S/C17H24N4O3S/c1-10-14(11(2)24-20-10)7-21-5-4-15(16(22)8-21)19-17(23)6-13-9-25-12(3)18-13/h9,15-16,22H,4-8H2,1-3H3,(H,19,23)/t15-,16-/m1/s1. The van der Waals surface area contributed by atoms with Crippen molar-refractivity contribution in [3.63, 3.8) is 0 Å². The topological polar surface area (TPSA) is 91.5 Å². The van der Waals surface area contributed by atoms with Gasteiger partial charge in [-0.15, -0.1) is 11.3 Å². The zero-order valence-electron chi connectivity index (χ0n) is 14.8. The van der Waals surface area contributed by atoms with Crippen LogP contribution < -0.4 is 5.32 Å². The fourth-order valence-electron chi connectivity index (χ4n) is 3.17. The number of amides is 1. The summed E-state index contributed by atoms with van der Waals surface area (Å²) < 4.78 is 5.19. The normalized spacial score (nSPS) is 21.4. The van der Waals surface area contributed by atoms with Gasteiger partial charge in [0, 0.05) is 30.6 Å². The van der Waals surface area contributed by atoms with Crippen molar-refractivity contribution in [2.45, 2.75) is 52.3 Å². The predicted octanol–water partition coefficient (Wildman–Crippen LogP) is 1.35. The molecule has 1 fully saturated rings. The molecule has 8 heteroatoms. The molecule has 7 nitrogen and oxygen atoms in total. The molecule has 2 aromatic heterocycles. The number of nitrogens with one attached hydrogen (secondary N) is 1. The molecule has 0 bridgehead atoms. The summed E-state index contributed by atoms with van der Waals surface area (Å²) in [6.07, 6.45) is 0.387. The number of carbonyl (C=O) groups excluding carboxylic acids is 1. The van der Waals surface area contributed by atoms with Crippen molar-refractivity contribution < 1.29 is 14.4 Å². The molecule has 2 N–H and O–H groups in total. The van der Waals surface area contributed by atoms with Crippen LogP contribution in [0.15, 0.2) is 9.90 Å². The van der Waals surface area contributed by atoms with E-state index in [2.05, 4.69) is 20.4 Å². The van der Waals surface area contributed by atoms with Crippen molar-refractivity contribution >= 4 is 17.2 Å². The first-order valence-corrected chi connectivity index (χ1v) is 9.33. The highest BCUT2D eigenvalue weighted by molar-refractivity contribution is 7.09. The highest BCUT2D eigenvalue weighted by atomic mass is 32.1. The second kappa shape index (κ2) is 7.63. The summed E-state index contributed by atoms with van der Waals surface area (Å²) in [5, 5.41) is 20.2. The molecule has 0 aromatic carbocycles. The van der Waals surface area contributed by atoms with Crippen LogP contribution in [0.4, 0.5) is 0 Å². The molecular formula is C17H24N4O3S. The number of aromatic nitrogens is 2. The zero-order valence-corrected chi connectivity index (χ0v) is 15.6. The van der Waals surface area contributed by atoms with Crippen molar-refractivity contribution in [3.8, 4) is 0 Å². The Bertz CT molecular complexity index is 723. The third-order valence-electron chi connectivity index (χ3n) is 4.58. The van der Waals surface area contributed by atoms with E-state index >= 15 is 0 Å². The lowest BCUT2D eigenvalue weighted by Gasteiger charge is -2.36. The molecule has 0 aliphatic carbocycles. The van der Waals surface area contributed by atoms with Crippen LogP contribution >= 0.6 is 11.3 Å². The van der Waals surface area contributed by atoms with Crippen LogP contribution in [-0.2, 0) is 17.8 Å². The second-order valence-electron chi connectivity index (χ2n) is 6.60. The maximum Gasteiger partial charge on any atom is 0.226 e. The number of nitrogens with zero attached hydrogens (tertiary/aromatic N) is 3. The number of aryl methyl sites for hydroxylation is 3. The van der Waals surface area contributed by atoms with Gasteiger partial charge in [-0.25, -0.2) is 4.98 Å². The molecule has 1 aliphatic heterocycles. The van der Waals surface area contributed by atoms with Gasteiger partial charge in [-0.05, 0) is 27.2 Å². The van der Waals surface area contributed by atoms with E-state index in [0.717, 1.165) is 34.3 Å². The van der Waals surface area contributed by atoms with E-state index in [1.165, 1.54) is 11.3 Å². The van der Waals surface area contributed by atoms with Crippen LogP contribution in [-0.4, -0.2) is 51.3 Å². The van der Waals surface area contributed by atoms with E-state index in [1.54, 1.807) is 0 Å². The molecule has 1 amide bonds. The lowest BCUT2D eigenvalue weighted by molar-refractivity contribution is -0.122. The van der Waals surface area contributed by atoms with Gasteiger partial charge < -0.3 is 14.9 Å². The number of hydrogen-bond donors (Lipinski definition) is 2. The lowest BCUT2D eigenvalue weighted by atomic mass is 10.0. The summed E-state index contributed by atoms with van der Waals surface area (Å²) in [4.78, 5) is 18.6. The van der Waals surface area contributed by atoms with Gasteiger partial charge in [0.2, 0.25) is 5.91 Å². The Morgan fingerprint density at radius 2 is 2.28 bits per heavy atom. The molecule has 2 atom stereocenters. The van der Waals surface area contributed by atoms with Gasteiger partial charge >= 0.3 is 0 Å². The van der Waals surface area contributed by atoms with E-state index < -0.39 is 6.10 Å². The van der Waals surface area contributed by atoms with Crippen LogP contribution in [0.2, 0.25) is 0 Å². The van der Waals surface area contributed by atoms with Gasteiger partial charge in [-0.2, -0.15) is 0 Å². The van der Waals surface area contributed by atoms with Gasteiger partial charge in [0.05, 0.1) is 35.0 Å². The first kappa shape index (κ1) is 18.0. The summed E-state index contributed by atoms with van der Waals surface area (Å²) in [6.45, 7) is 7.78. The maximum absolute atomic E-state index is 12.2. The number of aliphatic hydroxyl groups excluding tert-OH is 1. The number of likely N-dealkylation sites (tertiary alicyclic amines) is 1. The molecule has 136 valence electrons. The summed E-state index contributed by atoms with van der Waals surface area (Å²) >= 11 is 1.54. The number of β-amino-alcohol motifs (C(OH)–C–C–N with tert-alkyl or cyclic N) is 1. The number of rotatable bonds is 5. The van der Waals surface area contributed by atoms with Crippen LogP contribution in [0.1, 0.15) is 34.1 Å². The van der Waals surface area contributed by atoms with E-state index in [9.17, 15) is 9.90 Å². The number of thiazole rings is 1. The molecule has 0 unspecified atom stereocenters.